The number of carbonyl (C=O) groups is 2. The van der Waals surface area contributed by atoms with Crippen molar-refractivity contribution in [2.24, 2.45) is 5.73 Å². The number of rotatable bonds is 7. The molecule has 8 heteroatoms. The average Bonchev–Trinajstić information content (AvgIpc) is 3.61. The first-order valence-electron chi connectivity index (χ1n) is 12.7. The maximum Gasteiger partial charge on any atom is 0.323 e. The molecule has 3 fully saturated rings. The average molecular weight is 466 g/mol. The van der Waals surface area contributed by atoms with E-state index in [2.05, 4.69) is 27.4 Å². The minimum atomic E-state index is -0.252. The van der Waals surface area contributed by atoms with Gasteiger partial charge in [0.2, 0.25) is 5.91 Å². The number of aromatic nitrogens is 1. The molecule has 3 N–H and O–H groups in total. The Morgan fingerprint density at radius 2 is 2.00 bits per heavy atom. The molecular formula is C26H35N5O3. The van der Waals surface area contributed by atoms with Gasteiger partial charge in [-0.15, -0.1) is 0 Å². The molecule has 0 bridgehead atoms. The lowest BCUT2D eigenvalue weighted by molar-refractivity contribution is -0.145. The molecule has 2 aromatic rings. The molecule has 2 unspecified atom stereocenters. The van der Waals surface area contributed by atoms with Crippen molar-refractivity contribution in [3.05, 3.63) is 35.5 Å². The van der Waals surface area contributed by atoms with Gasteiger partial charge in [-0.2, -0.15) is 0 Å². The van der Waals surface area contributed by atoms with E-state index in [4.69, 9.17) is 15.9 Å². The lowest BCUT2D eigenvalue weighted by Gasteiger charge is -2.33. The Labute approximate surface area is 200 Å². The van der Waals surface area contributed by atoms with E-state index in [1.54, 1.807) is 0 Å². The van der Waals surface area contributed by atoms with Crippen molar-refractivity contribution in [2.75, 3.05) is 19.7 Å². The van der Waals surface area contributed by atoms with E-state index >= 15 is 0 Å². The van der Waals surface area contributed by atoms with Crippen LogP contribution in [0.5, 0.6) is 0 Å². The van der Waals surface area contributed by atoms with Crippen LogP contribution >= 0.6 is 0 Å². The summed E-state index contributed by atoms with van der Waals surface area (Å²) in [5.74, 6) is 0.110. The maximum atomic E-state index is 13.6. The number of esters is 1. The van der Waals surface area contributed by atoms with Crippen LogP contribution in [0.2, 0.25) is 0 Å². The lowest BCUT2D eigenvalue weighted by atomic mass is 10.1. The van der Waals surface area contributed by atoms with Crippen molar-refractivity contribution in [3.8, 4) is 0 Å². The second-order valence-electron chi connectivity index (χ2n) is 9.80. The fourth-order valence-corrected chi connectivity index (χ4v) is 6.21. The third-order valence-electron chi connectivity index (χ3n) is 7.90. The molecule has 0 aliphatic carbocycles. The van der Waals surface area contributed by atoms with Gasteiger partial charge in [0.1, 0.15) is 11.9 Å². The summed E-state index contributed by atoms with van der Waals surface area (Å²) in [6.45, 7) is 5.06. The fourth-order valence-electron chi connectivity index (χ4n) is 6.21. The van der Waals surface area contributed by atoms with Gasteiger partial charge in [0, 0.05) is 42.3 Å². The SMILES string of the molecule is CCn1c(CCC2CCCN2C(=O)C2CCCN2[C@H]2CCOC2=O)cc2ccc(C(=N)N)cc21. The molecule has 8 nitrogen and oxygen atoms in total. The summed E-state index contributed by atoms with van der Waals surface area (Å²) < 4.78 is 7.48. The Morgan fingerprint density at radius 1 is 1.18 bits per heavy atom. The Morgan fingerprint density at radius 3 is 2.74 bits per heavy atom. The van der Waals surface area contributed by atoms with Crippen molar-refractivity contribution in [2.45, 2.75) is 76.5 Å². The van der Waals surface area contributed by atoms with Crippen LogP contribution < -0.4 is 5.73 Å². The third-order valence-corrected chi connectivity index (χ3v) is 7.90. The normalized spacial score (nSPS) is 25.4. The fraction of sp³-hybridized carbons (Fsp3) is 0.577. The number of nitrogens with zero attached hydrogens (tertiary/aromatic N) is 3. The van der Waals surface area contributed by atoms with Crippen LogP contribution in [0.4, 0.5) is 0 Å². The quantitative estimate of drug-likeness (QED) is 0.372. The van der Waals surface area contributed by atoms with Crippen LogP contribution in [0.15, 0.2) is 24.3 Å². The highest BCUT2D eigenvalue weighted by Crippen LogP contribution is 2.31. The van der Waals surface area contributed by atoms with Crippen molar-refractivity contribution in [3.63, 3.8) is 0 Å². The summed E-state index contributed by atoms with van der Waals surface area (Å²) in [4.78, 5) is 30.0. The van der Waals surface area contributed by atoms with E-state index in [9.17, 15) is 9.59 Å². The molecule has 0 radical (unpaired) electrons. The number of carbonyl (C=O) groups excluding carboxylic acids is 2. The first kappa shape index (κ1) is 22.9. The highest BCUT2D eigenvalue weighted by atomic mass is 16.5. The van der Waals surface area contributed by atoms with E-state index in [1.165, 1.54) is 5.69 Å². The number of nitrogens with two attached hydrogens (primary N) is 1. The number of nitrogen functional groups attached to an aromatic ring is 1. The van der Waals surface area contributed by atoms with Crippen LogP contribution in [-0.2, 0) is 27.3 Å². The molecule has 34 heavy (non-hydrogen) atoms. The number of hydrogen-bond acceptors (Lipinski definition) is 5. The van der Waals surface area contributed by atoms with Gasteiger partial charge in [0.15, 0.2) is 0 Å². The number of cyclic esters (lactones) is 1. The third kappa shape index (κ3) is 4.08. The van der Waals surface area contributed by atoms with Gasteiger partial charge < -0.3 is 19.9 Å². The molecule has 3 aliphatic heterocycles. The number of amidine groups is 1. The van der Waals surface area contributed by atoms with Crippen molar-refractivity contribution < 1.29 is 14.3 Å². The van der Waals surface area contributed by atoms with E-state index in [-0.39, 0.29) is 35.8 Å². The van der Waals surface area contributed by atoms with E-state index in [0.717, 1.165) is 74.6 Å². The number of hydrogen-bond donors (Lipinski definition) is 2. The predicted octanol–water partition coefficient (Wildman–Crippen LogP) is 2.65. The molecule has 3 atom stereocenters. The molecule has 0 saturated carbocycles. The highest BCUT2D eigenvalue weighted by molar-refractivity contribution is 5.98. The zero-order chi connectivity index (χ0) is 23.8. The Hall–Kier alpha value is -2.87. The summed E-state index contributed by atoms with van der Waals surface area (Å²) in [5, 5.41) is 8.91. The van der Waals surface area contributed by atoms with Gasteiger partial charge in [-0.3, -0.25) is 19.9 Å². The standard InChI is InChI=1S/C26H35N5O3/c1-2-29-20(15-17-7-8-18(24(27)28)16-23(17)29)10-9-19-5-3-12-30(19)25(32)21-6-4-13-31(21)22-11-14-34-26(22)33/h7-8,15-16,19,21-22H,2-6,9-14H2,1H3,(H3,27,28)/t19?,21?,22-/m0/s1. The van der Waals surface area contributed by atoms with Gasteiger partial charge in [0.25, 0.3) is 0 Å². The number of aryl methyl sites for hydroxylation is 2. The molecule has 3 aliphatic rings. The molecule has 0 spiro atoms. The Balaban J connectivity index is 1.29. The Bertz CT molecular complexity index is 1110. The minimum Gasteiger partial charge on any atom is -0.464 e. The number of amides is 1. The molecule has 1 amide bonds. The smallest absolute Gasteiger partial charge is 0.323 e. The first-order valence-corrected chi connectivity index (χ1v) is 12.7. The zero-order valence-corrected chi connectivity index (χ0v) is 20.0. The van der Waals surface area contributed by atoms with E-state index < -0.39 is 0 Å². The molecule has 3 saturated heterocycles. The van der Waals surface area contributed by atoms with Gasteiger partial charge in [-0.1, -0.05) is 12.1 Å². The van der Waals surface area contributed by atoms with Crippen LogP contribution in [0.1, 0.15) is 56.7 Å². The molecule has 5 rings (SSSR count). The van der Waals surface area contributed by atoms with Crippen molar-refractivity contribution >= 4 is 28.6 Å². The molecule has 182 valence electrons. The second-order valence-corrected chi connectivity index (χ2v) is 9.80. The topological polar surface area (TPSA) is 105 Å². The summed E-state index contributed by atoms with van der Waals surface area (Å²) in [6, 6.07) is 7.96. The maximum absolute atomic E-state index is 13.6. The largest absolute Gasteiger partial charge is 0.464 e. The summed E-state index contributed by atoms with van der Waals surface area (Å²) >= 11 is 0. The number of nitrogens with one attached hydrogen (secondary N) is 1. The number of ether oxygens (including phenoxy) is 1. The zero-order valence-electron chi connectivity index (χ0n) is 20.0. The van der Waals surface area contributed by atoms with Gasteiger partial charge >= 0.3 is 5.97 Å². The van der Waals surface area contributed by atoms with Gasteiger partial charge in [-0.25, -0.2) is 0 Å². The highest BCUT2D eigenvalue weighted by Gasteiger charge is 2.44. The second kappa shape index (κ2) is 9.41. The van der Waals surface area contributed by atoms with Crippen LogP contribution in [0, 0.1) is 5.41 Å². The number of fused-ring (bicyclic) bond motifs is 1. The minimum absolute atomic E-state index is 0.0826. The van der Waals surface area contributed by atoms with Crippen LogP contribution in [0.3, 0.4) is 0 Å². The van der Waals surface area contributed by atoms with Crippen molar-refractivity contribution in [1.82, 2.24) is 14.4 Å². The van der Waals surface area contributed by atoms with Gasteiger partial charge in [0.05, 0.1) is 12.6 Å². The number of likely N-dealkylation sites (tertiary alicyclic amines) is 2. The molecule has 4 heterocycles. The molecule has 1 aromatic heterocycles. The van der Waals surface area contributed by atoms with Crippen molar-refractivity contribution in [1.29, 1.82) is 5.41 Å². The Kier molecular flexibility index (Phi) is 6.34. The first-order chi connectivity index (χ1) is 16.5. The van der Waals surface area contributed by atoms with Gasteiger partial charge in [-0.05, 0) is 69.5 Å². The predicted molar refractivity (Wildman–Crippen MR) is 131 cm³/mol. The lowest BCUT2D eigenvalue weighted by Crippen LogP contribution is -2.51. The molecule has 1 aromatic carbocycles. The van der Waals surface area contributed by atoms with E-state index in [0.29, 0.717) is 13.0 Å². The van der Waals surface area contributed by atoms with E-state index in [1.807, 2.05) is 18.2 Å². The molecular weight excluding hydrogens is 430 g/mol. The summed E-state index contributed by atoms with van der Waals surface area (Å²) in [5.41, 5.74) is 8.81. The van der Waals surface area contributed by atoms with Crippen LogP contribution in [0.25, 0.3) is 10.9 Å². The van der Waals surface area contributed by atoms with Crippen LogP contribution in [-0.4, -0.2) is 69.9 Å². The summed E-state index contributed by atoms with van der Waals surface area (Å²) in [6.07, 6.45) is 6.37. The summed E-state index contributed by atoms with van der Waals surface area (Å²) in [7, 11) is 0. The monoisotopic (exact) mass is 465 g/mol. The number of benzene rings is 1.